The van der Waals surface area contributed by atoms with Crippen LogP contribution in [-0.2, 0) is 4.79 Å². The van der Waals surface area contributed by atoms with Gasteiger partial charge in [0.25, 0.3) is 0 Å². The summed E-state index contributed by atoms with van der Waals surface area (Å²) in [5, 5.41) is 9.76. The molecule has 0 bridgehead atoms. The van der Waals surface area contributed by atoms with Crippen molar-refractivity contribution in [2.45, 2.75) is 32.7 Å². The van der Waals surface area contributed by atoms with Gasteiger partial charge in [-0.15, -0.1) is 0 Å². The van der Waals surface area contributed by atoms with Gasteiger partial charge in [-0.2, -0.15) is 0 Å². The lowest BCUT2D eigenvalue weighted by Gasteiger charge is -2.26. The molecule has 0 radical (unpaired) electrons. The summed E-state index contributed by atoms with van der Waals surface area (Å²) in [6.45, 7) is 4.82. The van der Waals surface area contributed by atoms with Crippen LogP contribution in [-0.4, -0.2) is 41.7 Å². The molecule has 0 heterocycles. The first-order chi connectivity index (χ1) is 9.95. The van der Waals surface area contributed by atoms with E-state index in [1.165, 1.54) is 0 Å². The van der Waals surface area contributed by atoms with E-state index in [2.05, 4.69) is 0 Å². The third-order valence-electron chi connectivity index (χ3n) is 2.98. The molecule has 0 unspecified atom stereocenters. The summed E-state index contributed by atoms with van der Waals surface area (Å²) in [5.41, 5.74) is 0. The van der Waals surface area contributed by atoms with Crippen molar-refractivity contribution in [2.75, 3.05) is 19.8 Å². The Morgan fingerprint density at radius 1 is 1.33 bits per heavy atom. The summed E-state index contributed by atoms with van der Waals surface area (Å²) in [6.07, 6.45) is 0.863. The van der Waals surface area contributed by atoms with Crippen LogP contribution in [0.3, 0.4) is 0 Å². The number of carbonyl (C=O) groups excluding carboxylic acids is 1. The average molecular weight is 334 g/mol. The van der Waals surface area contributed by atoms with E-state index in [-0.39, 0.29) is 31.6 Å². The molecule has 6 heteroatoms. The van der Waals surface area contributed by atoms with E-state index >= 15 is 0 Å². The Balaban J connectivity index is 2.45. The molecule has 0 saturated carbocycles. The van der Waals surface area contributed by atoms with Crippen LogP contribution in [0.4, 0.5) is 0 Å². The highest BCUT2D eigenvalue weighted by Crippen LogP contribution is 2.26. The van der Waals surface area contributed by atoms with Crippen molar-refractivity contribution in [1.29, 1.82) is 0 Å². The molecule has 0 atom stereocenters. The molecule has 0 spiro atoms. The van der Waals surface area contributed by atoms with Gasteiger partial charge in [0.15, 0.2) is 0 Å². The van der Waals surface area contributed by atoms with Gasteiger partial charge in [-0.3, -0.25) is 4.79 Å². The Bertz CT molecular complexity index is 466. The highest BCUT2D eigenvalue weighted by atomic mass is 35.5. The number of aliphatic hydroxyl groups is 1. The molecule has 118 valence electrons. The number of halogens is 2. The molecule has 0 fully saturated rings. The standard InChI is InChI=1S/C15H21Cl2NO3/c1-11(2)18(7-3-8-19)15(20)6-9-21-12-4-5-13(16)14(17)10-12/h4-5,10-11,19H,3,6-9H2,1-2H3. The molecule has 1 N–H and O–H groups in total. The van der Waals surface area contributed by atoms with Crippen molar-refractivity contribution >= 4 is 29.1 Å². The molecule has 0 aliphatic rings. The molecule has 0 aromatic heterocycles. The molecular formula is C15H21Cl2NO3. The first kappa shape index (κ1) is 18.1. The van der Waals surface area contributed by atoms with E-state index in [1.54, 1.807) is 23.1 Å². The molecule has 1 aromatic carbocycles. The van der Waals surface area contributed by atoms with Crippen LogP contribution in [0.15, 0.2) is 18.2 Å². The molecule has 1 amide bonds. The number of amides is 1. The highest BCUT2D eigenvalue weighted by Gasteiger charge is 2.16. The van der Waals surface area contributed by atoms with Crippen LogP contribution in [0, 0.1) is 0 Å². The van der Waals surface area contributed by atoms with Gasteiger partial charge in [-0.1, -0.05) is 23.2 Å². The van der Waals surface area contributed by atoms with E-state index in [1.807, 2.05) is 13.8 Å². The molecule has 21 heavy (non-hydrogen) atoms. The topological polar surface area (TPSA) is 49.8 Å². The monoisotopic (exact) mass is 333 g/mol. The van der Waals surface area contributed by atoms with Crippen LogP contribution >= 0.6 is 23.2 Å². The smallest absolute Gasteiger partial charge is 0.226 e. The minimum absolute atomic E-state index is 0.0125. The Morgan fingerprint density at radius 3 is 2.62 bits per heavy atom. The molecule has 0 aliphatic carbocycles. The third-order valence-corrected chi connectivity index (χ3v) is 3.72. The summed E-state index contributed by atoms with van der Waals surface area (Å²) in [7, 11) is 0. The number of hydrogen-bond acceptors (Lipinski definition) is 3. The fraction of sp³-hybridized carbons (Fsp3) is 0.533. The summed E-state index contributed by atoms with van der Waals surface area (Å²) in [6, 6.07) is 5.10. The zero-order valence-corrected chi connectivity index (χ0v) is 13.8. The van der Waals surface area contributed by atoms with Crippen molar-refractivity contribution in [3.05, 3.63) is 28.2 Å². The normalized spacial score (nSPS) is 10.8. The van der Waals surface area contributed by atoms with Crippen LogP contribution in [0.2, 0.25) is 10.0 Å². The highest BCUT2D eigenvalue weighted by molar-refractivity contribution is 6.42. The quantitative estimate of drug-likeness (QED) is 0.793. The minimum atomic E-state index is 0.0125. The van der Waals surface area contributed by atoms with Crippen LogP contribution in [0.1, 0.15) is 26.7 Å². The van der Waals surface area contributed by atoms with Gasteiger partial charge in [0, 0.05) is 25.3 Å². The largest absolute Gasteiger partial charge is 0.493 e. The van der Waals surface area contributed by atoms with Crippen molar-refractivity contribution < 1.29 is 14.6 Å². The average Bonchev–Trinajstić information content (AvgIpc) is 2.43. The lowest BCUT2D eigenvalue weighted by molar-refractivity contribution is -0.133. The maximum absolute atomic E-state index is 12.1. The van der Waals surface area contributed by atoms with Gasteiger partial charge < -0.3 is 14.7 Å². The van der Waals surface area contributed by atoms with E-state index < -0.39 is 0 Å². The van der Waals surface area contributed by atoms with Crippen LogP contribution < -0.4 is 4.74 Å². The van der Waals surface area contributed by atoms with E-state index in [0.29, 0.717) is 28.8 Å². The Morgan fingerprint density at radius 2 is 2.05 bits per heavy atom. The Labute approximate surface area is 135 Å². The number of hydrogen-bond donors (Lipinski definition) is 1. The number of benzene rings is 1. The third kappa shape index (κ3) is 6.12. The zero-order chi connectivity index (χ0) is 15.8. The van der Waals surface area contributed by atoms with Crippen LogP contribution in [0.5, 0.6) is 5.75 Å². The maximum Gasteiger partial charge on any atom is 0.226 e. The van der Waals surface area contributed by atoms with Gasteiger partial charge in [0.1, 0.15) is 5.75 Å². The maximum atomic E-state index is 12.1. The first-order valence-electron chi connectivity index (χ1n) is 6.94. The lowest BCUT2D eigenvalue weighted by Crippen LogP contribution is -2.38. The van der Waals surface area contributed by atoms with E-state index in [0.717, 1.165) is 0 Å². The van der Waals surface area contributed by atoms with Gasteiger partial charge in [-0.25, -0.2) is 0 Å². The second kappa shape index (κ2) is 9.13. The predicted molar refractivity (Wildman–Crippen MR) is 85.1 cm³/mol. The molecule has 4 nitrogen and oxygen atoms in total. The minimum Gasteiger partial charge on any atom is -0.493 e. The van der Waals surface area contributed by atoms with Gasteiger partial charge in [-0.05, 0) is 32.4 Å². The SMILES string of the molecule is CC(C)N(CCCO)C(=O)CCOc1ccc(Cl)c(Cl)c1. The predicted octanol–water partition coefficient (Wildman–Crippen LogP) is 3.38. The Hall–Kier alpha value is -0.970. The van der Waals surface area contributed by atoms with Crippen molar-refractivity contribution in [1.82, 2.24) is 4.90 Å². The van der Waals surface area contributed by atoms with Gasteiger partial charge >= 0.3 is 0 Å². The first-order valence-corrected chi connectivity index (χ1v) is 7.69. The van der Waals surface area contributed by atoms with Gasteiger partial charge in [0.2, 0.25) is 5.91 Å². The molecule has 0 saturated heterocycles. The summed E-state index contributed by atoms with van der Waals surface area (Å²) < 4.78 is 5.51. The molecule has 1 rings (SSSR count). The second-order valence-electron chi connectivity index (χ2n) is 4.93. The summed E-state index contributed by atoms with van der Waals surface area (Å²) in [5.74, 6) is 0.599. The molecular weight excluding hydrogens is 313 g/mol. The van der Waals surface area contributed by atoms with Gasteiger partial charge in [0.05, 0.1) is 23.1 Å². The number of aliphatic hydroxyl groups excluding tert-OH is 1. The molecule has 0 aliphatic heterocycles. The van der Waals surface area contributed by atoms with Crippen molar-refractivity contribution in [3.63, 3.8) is 0 Å². The number of ether oxygens (including phenoxy) is 1. The fourth-order valence-electron chi connectivity index (χ4n) is 1.88. The number of nitrogens with zero attached hydrogens (tertiary/aromatic N) is 1. The van der Waals surface area contributed by atoms with Crippen molar-refractivity contribution in [3.8, 4) is 5.75 Å². The number of carbonyl (C=O) groups is 1. The van der Waals surface area contributed by atoms with Crippen LogP contribution in [0.25, 0.3) is 0 Å². The number of rotatable bonds is 8. The zero-order valence-electron chi connectivity index (χ0n) is 12.3. The Kier molecular flexibility index (Phi) is 7.86. The summed E-state index contributed by atoms with van der Waals surface area (Å²) >= 11 is 11.7. The van der Waals surface area contributed by atoms with E-state index in [4.69, 9.17) is 33.0 Å². The lowest BCUT2D eigenvalue weighted by atomic mass is 10.2. The van der Waals surface area contributed by atoms with E-state index in [9.17, 15) is 4.79 Å². The fourth-order valence-corrected chi connectivity index (χ4v) is 2.17. The molecule has 1 aromatic rings. The second-order valence-corrected chi connectivity index (χ2v) is 5.75. The summed E-state index contributed by atoms with van der Waals surface area (Å²) in [4.78, 5) is 13.9. The van der Waals surface area contributed by atoms with Crippen molar-refractivity contribution in [2.24, 2.45) is 0 Å².